The summed E-state index contributed by atoms with van der Waals surface area (Å²) in [5, 5.41) is 27.7. The van der Waals surface area contributed by atoms with Crippen molar-refractivity contribution in [3.05, 3.63) is 11.5 Å². The SMILES string of the molecule is CCCC(=O)OCC(O)C1OC(=O)C(O)=C1O. The largest absolute Gasteiger partial charge is 0.505 e. The lowest BCUT2D eigenvalue weighted by Gasteiger charge is -2.16. The van der Waals surface area contributed by atoms with Crippen LogP contribution in [0.3, 0.4) is 0 Å². The number of hydrogen-bond donors (Lipinski definition) is 3. The molecule has 0 radical (unpaired) electrons. The molecule has 0 fully saturated rings. The first-order valence-corrected chi connectivity index (χ1v) is 5.14. The lowest BCUT2D eigenvalue weighted by Crippen LogP contribution is -2.33. The number of ether oxygens (including phenoxy) is 2. The zero-order chi connectivity index (χ0) is 13.0. The minimum atomic E-state index is -1.41. The molecule has 0 aromatic heterocycles. The first kappa shape index (κ1) is 13.3. The van der Waals surface area contributed by atoms with E-state index in [1.54, 1.807) is 6.92 Å². The Bertz CT molecular complexity index is 347. The maximum atomic E-state index is 11.0. The maximum absolute atomic E-state index is 11.0. The van der Waals surface area contributed by atoms with Crippen LogP contribution in [0.1, 0.15) is 19.8 Å². The van der Waals surface area contributed by atoms with Crippen LogP contribution in [0.25, 0.3) is 0 Å². The number of esters is 2. The van der Waals surface area contributed by atoms with Crippen LogP contribution in [-0.2, 0) is 19.1 Å². The van der Waals surface area contributed by atoms with Crippen molar-refractivity contribution in [2.75, 3.05) is 6.61 Å². The summed E-state index contributed by atoms with van der Waals surface area (Å²) in [6.45, 7) is 1.37. The summed E-state index contributed by atoms with van der Waals surface area (Å²) in [6, 6.07) is 0. The van der Waals surface area contributed by atoms with Gasteiger partial charge in [0.25, 0.3) is 0 Å². The summed E-state index contributed by atoms with van der Waals surface area (Å²) in [7, 11) is 0. The Labute approximate surface area is 97.3 Å². The molecule has 0 saturated carbocycles. The van der Waals surface area contributed by atoms with Gasteiger partial charge < -0.3 is 24.8 Å². The summed E-state index contributed by atoms with van der Waals surface area (Å²) in [4.78, 5) is 21.8. The van der Waals surface area contributed by atoms with Crippen molar-refractivity contribution in [2.45, 2.75) is 32.0 Å². The molecule has 1 aliphatic heterocycles. The van der Waals surface area contributed by atoms with E-state index in [9.17, 15) is 19.8 Å². The third-order valence-corrected chi connectivity index (χ3v) is 2.16. The monoisotopic (exact) mass is 246 g/mol. The van der Waals surface area contributed by atoms with Crippen LogP contribution < -0.4 is 0 Å². The van der Waals surface area contributed by atoms with Crippen LogP contribution in [0, 0.1) is 0 Å². The Morgan fingerprint density at radius 2 is 2.18 bits per heavy atom. The van der Waals surface area contributed by atoms with E-state index in [0.29, 0.717) is 6.42 Å². The molecule has 1 rings (SSSR count). The second kappa shape index (κ2) is 5.53. The number of cyclic esters (lactones) is 1. The molecule has 3 N–H and O–H groups in total. The summed E-state index contributed by atoms with van der Waals surface area (Å²) in [5.74, 6) is -3.31. The number of aliphatic hydroxyl groups is 3. The smallest absolute Gasteiger partial charge is 0.377 e. The van der Waals surface area contributed by atoms with Crippen molar-refractivity contribution in [3.63, 3.8) is 0 Å². The minimum Gasteiger partial charge on any atom is -0.505 e. The van der Waals surface area contributed by atoms with Crippen molar-refractivity contribution >= 4 is 11.9 Å². The number of rotatable bonds is 5. The molecule has 0 saturated heterocycles. The second-order valence-corrected chi connectivity index (χ2v) is 3.56. The molecule has 2 atom stereocenters. The van der Waals surface area contributed by atoms with Gasteiger partial charge in [-0.15, -0.1) is 0 Å². The highest BCUT2D eigenvalue weighted by atomic mass is 16.6. The van der Waals surface area contributed by atoms with Crippen molar-refractivity contribution in [3.8, 4) is 0 Å². The number of carbonyl (C=O) groups excluding carboxylic acids is 2. The fourth-order valence-electron chi connectivity index (χ4n) is 1.27. The van der Waals surface area contributed by atoms with E-state index in [2.05, 4.69) is 9.47 Å². The van der Waals surface area contributed by atoms with Gasteiger partial charge in [0.1, 0.15) is 12.7 Å². The third kappa shape index (κ3) is 3.10. The summed E-state index contributed by atoms with van der Waals surface area (Å²) >= 11 is 0. The van der Waals surface area contributed by atoms with E-state index in [0.717, 1.165) is 0 Å². The molecule has 7 nitrogen and oxygen atoms in total. The van der Waals surface area contributed by atoms with E-state index in [-0.39, 0.29) is 6.42 Å². The van der Waals surface area contributed by atoms with Crippen molar-refractivity contribution in [1.82, 2.24) is 0 Å². The summed E-state index contributed by atoms with van der Waals surface area (Å²) < 4.78 is 9.17. The predicted octanol–water partition coefficient (Wildman–Crippen LogP) is -0.0564. The molecule has 96 valence electrons. The molecule has 0 aliphatic carbocycles. The molecule has 0 aromatic carbocycles. The highest BCUT2D eigenvalue weighted by molar-refractivity contribution is 5.89. The molecule has 7 heteroatoms. The molecule has 0 amide bonds. The normalized spacial score (nSPS) is 21.3. The molecule has 1 heterocycles. The molecule has 17 heavy (non-hydrogen) atoms. The highest BCUT2D eigenvalue weighted by Gasteiger charge is 2.39. The van der Waals surface area contributed by atoms with Crippen LogP contribution in [-0.4, -0.2) is 46.1 Å². The summed E-state index contributed by atoms with van der Waals surface area (Å²) in [6.07, 6.45) is -1.98. The molecule has 0 spiro atoms. The van der Waals surface area contributed by atoms with Gasteiger partial charge in [-0.1, -0.05) is 6.92 Å². The molecular weight excluding hydrogens is 232 g/mol. The van der Waals surface area contributed by atoms with E-state index >= 15 is 0 Å². The predicted molar refractivity (Wildman–Crippen MR) is 54.0 cm³/mol. The van der Waals surface area contributed by atoms with Gasteiger partial charge in [-0.05, 0) is 6.42 Å². The Balaban J connectivity index is 2.47. The fourth-order valence-corrected chi connectivity index (χ4v) is 1.27. The quantitative estimate of drug-likeness (QED) is 0.582. The Kier molecular flexibility index (Phi) is 4.33. The minimum absolute atomic E-state index is 0.213. The van der Waals surface area contributed by atoms with E-state index in [4.69, 9.17) is 5.11 Å². The average Bonchev–Trinajstić information content (AvgIpc) is 2.54. The second-order valence-electron chi connectivity index (χ2n) is 3.56. The van der Waals surface area contributed by atoms with Crippen LogP contribution in [0.2, 0.25) is 0 Å². The molecule has 1 aliphatic rings. The lowest BCUT2D eigenvalue weighted by atomic mass is 10.2. The van der Waals surface area contributed by atoms with Gasteiger partial charge in [0.2, 0.25) is 5.76 Å². The fraction of sp³-hybridized carbons (Fsp3) is 0.600. The highest BCUT2D eigenvalue weighted by Crippen LogP contribution is 2.21. The van der Waals surface area contributed by atoms with Gasteiger partial charge in [-0.25, -0.2) is 4.79 Å². The van der Waals surface area contributed by atoms with Gasteiger partial charge >= 0.3 is 11.9 Å². The van der Waals surface area contributed by atoms with Crippen molar-refractivity contribution in [1.29, 1.82) is 0 Å². The molecule has 2 unspecified atom stereocenters. The Hall–Kier alpha value is -1.76. The van der Waals surface area contributed by atoms with Crippen molar-refractivity contribution < 1.29 is 34.4 Å². The van der Waals surface area contributed by atoms with Gasteiger partial charge in [-0.3, -0.25) is 4.79 Å². The lowest BCUT2D eigenvalue weighted by molar-refractivity contribution is -0.154. The van der Waals surface area contributed by atoms with Crippen LogP contribution >= 0.6 is 0 Å². The van der Waals surface area contributed by atoms with Crippen LogP contribution in [0.4, 0.5) is 0 Å². The van der Waals surface area contributed by atoms with Gasteiger partial charge in [0.15, 0.2) is 11.9 Å². The Morgan fingerprint density at radius 3 is 2.65 bits per heavy atom. The zero-order valence-electron chi connectivity index (χ0n) is 9.25. The standard InChI is InChI=1S/C10H14O7/c1-2-3-6(12)16-4-5(11)9-7(13)8(14)10(15)17-9/h5,9,11,13-14H,2-4H2,1H3. The topological polar surface area (TPSA) is 113 Å². The van der Waals surface area contributed by atoms with Gasteiger partial charge in [0, 0.05) is 6.42 Å². The van der Waals surface area contributed by atoms with E-state index in [1.165, 1.54) is 0 Å². The summed E-state index contributed by atoms with van der Waals surface area (Å²) in [5.41, 5.74) is 0. The van der Waals surface area contributed by atoms with Crippen LogP contribution in [0.5, 0.6) is 0 Å². The number of carbonyl (C=O) groups is 2. The third-order valence-electron chi connectivity index (χ3n) is 2.16. The first-order chi connectivity index (χ1) is 7.97. The van der Waals surface area contributed by atoms with Gasteiger partial charge in [0.05, 0.1) is 0 Å². The maximum Gasteiger partial charge on any atom is 0.377 e. The van der Waals surface area contributed by atoms with Crippen LogP contribution in [0.15, 0.2) is 11.5 Å². The molecule has 0 bridgehead atoms. The van der Waals surface area contributed by atoms with Gasteiger partial charge in [-0.2, -0.15) is 0 Å². The van der Waals surface area contributed by atoms with E-state index < -0.39 is 42.3 Å². The Morgan fingerprint density at radius 1 is 1.53 bits per heavy atom. The van der Waals surface area contributed by atoms with Crippen molar-refractivity contribution in [2.24, 2.45) is 0 Å². The number of hydrogen-bond acceptors (Lipinski definition) is 7. The zero-order valence-corrected chi connectivity index (χ0v) is 9.25. The average molecular weight is 246 g/mol. The van der Waals surface area contributed by atoms with E-state index in [1.807, 2.05) is 0 Å². The number of aliphatic hydroxyl groups excluding tert-OH is 3. The molecule has 0 aromatic rings. The first-order valence-electron chi connectivity index (χ1n) is 5.14. The molecular formula is C10H14O7.